The molecule has 0 spiro atoms. The van der Waals surface area contributed by atoms with Crippen LogP contribution in [0.25, 0.3) is 6.08 Å². The Hall–Kier alpha value is -3.59. The SMILES string of the molecule is C=CCc1cc(/C=C2\C(=O)NC(=O)N(c3ccc(Cl)c(Cl)c3)C2=O)cc(OCC)c1OCc1ccc(Br)cc1. The number of amides is 4. The summed E-state index contributed by atoms with van der Waals surface area (Å²) in [5.41, 5.74) is 2.16. The maximum Gasteiger partial charge on any atom is 0.335 e. The van der Waals surface area contributed by atoms with E-state index in [-0.39, 0.29) is 21.3 Å². The van der Waals surface area contributed by atoms with Gasteiger partial charge in [-0.2, -0.15) is 0 Å². The Bertz CT molecular complexity index is 1490. The van der Waals surface area contributed by atoms with Crippen molar-refractivity contribution >= 4 is 68.7 Å². The highest BCUT2D eigenvalue weighted by Gasteiger charge is 2.37. The van der Waals surface area contributed by atoms with Crippen molar-refractivity contribution in [2.45, 2.75) is 20.0 Å². The molecule has 200 valence electrons. The van der Waals surface area contributed by atoms with Gasteiger partial charge >= 0.3 is 6.03 Å². The molecule has 0 saturated carbocycles. The van der Waals surface area contributed by atoms with Crippen LogP contribution in [0.15, 0.2) is 77.3 Å². The average molecular weight is 630 g/mol. The van der Waals surface area contributed by atoms with E-state index in [1.165, 1.54) is 24.3 Å². The fourth-order valence-electron chi connectivity index (χ4n) is 3.92. The number of halogens is 3. The Morgan fingerprint density at radius 3 is 2.41 bits per heavy atom. The molecule has 0 aromatic heterocycles. The zero-order valence-electron chi connectivity index (χ0n) is 20.8. The fourth-order valence-corrected chi connectivity index (χ4v) is 4.48. The predicted octanol–water partition coefficient (Wildman–Crippen LogP) is 7.13. The first kappa shape index (κ1) is 28.4. The van der Waals surface area contributed by atoms with Gasteiger partial charge in [0.25, 0.3) is 11.8 Å². The maximum absolute atomic E-state index is 13.3. The molecule has 4 amide bonds. The molecule has 3 aromatic carbocycles. The number of imide groups is 2. The quantitative estimate of drug-likeness (QED) is 0.155. The predicted molar refractivity (Wildman–Crippen MR) is 155 cm³/mol. The summed E-state index contributed by atoms with van der Waals surface area (Å²) >= 11 is 15.5. The molecular weight excluding hydrogens is 607 g/mol. The number of barbiturate groups is 1. The first-order valence-electron chi connectivity index (χ1n) is 11.9. The third-order valence-corrected chi connectivity index (χ3v) is 6.96. The lowest BCUT2D eigenvalue weighted by molar-refractivity contribution is -0.122. The topological polar surface area (TPSA) is 84.9 Å². The molecule has 1 aliphatic rings. The highest BCUT2D eigenvalue weighted by atomic mass is 79.9. The van der Waals surface area contributed by atoms with Crippen LogP contribution < -0.4 is 19.7 Å². The fraction of sp³-hybridized carbons (Fsp3) is 0.138. The van der Waals surface area contributed by atoms with Gasteiger partial charge in [0.1, 0.15) is 12.2 Å². The minimum absolute atomic E-state index is 0.159. The van der Waals surface area contributed by atoms with Crippen molar-refractivity contribution in [1.29, 1.82) is 0 Å². The lowest BCUT2D eigenvalue weighted by Crippen LogP contribution is -2.54. The maximum atomic E-state index is 13.3. The third kappa shape index (κ3) is 6.53. The van der Waals surface area contributed by atoms with Crippen molar-refractivity contribution in [2.75, 3.05) is 11.5 Å². The summed E-state index contributed by atoms with van der Waals surface area (Å²) in [6.07, 6.45) is 3.57. The highest BCUT2D eigenvalue weighted by Crippen LogP contribution is 2.36. The summed E-state index contributed by atoms with van der Waals surface area (Å²) in [6, 6.07) is 14.6. The summed E-state index contributed by atoms with van der Waals surface area (Å²) < 4.78 is 13.0. The number of carbonyl (C=O) groups excluding carboxylic acids is 3. The molecule has 1 fully saturated rings. The monoisotopic (exact) mass is 628 g/mol. The van der Waals surface area contributed by atoms with Crippen molar-refractivity contribution in [3.8, 4) is 11.5 Å². The van der Waals surface area contributed by atoms with Crippen LogP contribution in [0.4, 0.5) is 10.5 Å². The van der Waals surface area contributed by atoms with Gasteiger partial charge in [-0.25, -0.2) is 9.69 Å². The van der Waals surface area contributed by atoms with E-state index in [0.29, 0.717) is 36.7 Å². The number of nitrogens with one attached hydrogen (secondary N) is 1. The Kier molecular flexibility index (Phi) is 9.12. The zero-order valence-corrected chi connectivity index (χ0v) is 23.9. The summed E-state index contributed by atoms with van der Waals surface area (Å²) in [5, 5.41) is 2.62. The average Bonchev–Trinajstić information content (AvgIpc) is 2.89. The molecule has 0 unspecified atom stereocenters. The Morgan fingerprint density at radius 1 is 1.00 bits per heavy atom. The molecule has 0 radical (unpaired) electrons. The molecule has 10 heteroatoms. The van der Waals surface area contributed by atoms with Crippen molar-refractivity contribution in [3.05, 3.63) is 104 Å². The van der Waals surface area contributed by atoms with Crippen LogP contribution in [0.2, 0.25) is 10.0 Å². The minimum atomic E-state index is -0.889. The molecule has 0 atom stereocenters. The van der Waals surface area contributed by atoms with Gasteiger partial charge in [0, 0.05) is 10.0 Å². The minimum Gasteiger partial charge on any atom is -0.490 e. The second-order valence-electron chi connectivity index (χ2n) is 8.40. The largest absolute Gasteiger partial charge is 0.490 e. The number of urea groups is 1. The number of allylic oxidation sites excluding steroid dienone is 1. The number of nitrogens with zero attached hydrogens (tertiary/aromatic N) is 1. The lowest BCUT2D eigenvalue weighted by atomic mass is 10.0. The number of rotatable bonds is 9. The summed E-state index contributed by atoms with van der Waals surface area (Å²) in [7, 11) is 0. The summed E-state index contributed by atoms with van der Waals surface area (Å²) in [5.74, 6) is -0.642. The molecule has 1 N–H and O–H groups in total. The molecule has 1 saturated heterocycles. The van der Waals surface area contributed by atoms with E-state index in [2.05, 4.69) is 27.8 Å². The molecule has 39 heavy (non-hydrogen) atoms. The number of hydrogen-bond acceptors (Lipinski definition) is 5. The number of ether oxygens (including phenoxy) is 2. The summed E-state index contributed by atoms with van der Waals surface area (Å²) in [6.45, 7) is 6.35. The smallest absolute Gasteiger partial charge is 0.335 e. The number of carbonyl (C=O) groups is 3. The van der Waals surface area contributed by atoms with Crippen LogP contribution in [0.3, 0.4) is 0 Å². The van der Waals surface area contributed by atoms with E-state index in [1.54, 1.807) is 18.2 Å². The van der Waals surface area contributed by atoms with E-state index in [0.717, 1.165) is 20.5 Å². The van der Waals surface area contributed by atoms with Crippen molar-refractivity contribution in [2.24, 2.45) is 0 Å². The first-order valence-corrected chi connectivity index (χ1v) is 13.4. The van der Waals surface area contributed by atoms with Gasteiger partial charge in [-0.15, -0.1) is 6.58 Å². The standard InChI is InChI=1S/C29H23BrCl2N2O5/c1-3-5-19-12-18(14-25(38-4-2)26(19)39-16-17-6-8-20(30)9-7-17)13-22-27(35)33-29(37)34(28(22)36)21-10-11-23(31)24(32)15-21/h3,6-15H,1,4-5,16H2,2H3,(H,33,35,37)/b22-13+. The molecule has 0 bridgehead atoms. The molecular formula is C29H23BrCl2N2O5. The van der Waals surface area contributed by atoms with E-state index < -0.39 is 17.8 Å². The summed E-state index contributed by atoms with van der Waals surface area (Å²) in [4.78, 5) is 39.5. The Morgan fingerprint density at radius 2 is 1.74 bits per heavy atom. The van der Waals surface area contributed by atoms with Crippen LogP contribution in [0.1, 0.15) is 23.6 Å². The van der Waals surface area contributed by atoms with Gasteiger partial charge < -0.3 is 9.47 Å². The molecule has 1 aliphatic heterocycles. The highest BCUT2D eigenvalue weighted by molar-refractivity contribution is 9.10. The molecule has 0 aliphatic carbocycles. The second-order valence-corrected chi connectivity index (χ2v) is 10.1. The van der Waals surface area contributed by atoms with Gasteiger partial charge in [0.2, 0.25) is 0 Å². The van der Waals surface area contributed by atoms with Crippen molar-refractivity contribution < 1.29 is 23.9 Å². The Balaban J connectivity index is 1.72. The zero-order chi connectivity index (χ0) is 28.1. The van der Waals surface area contributed by atoms with E-state index in [1.807, 2.05) is 31.2 Å². The normalized spacial score (nSPS) is 14.4. The van der Waals surface area contributed by atoms with Gasteiger partial charge in [-0.05, 0) is 73.0 Å². The molecule has 7 nitrogen and oxygen atoms in total. The van der Waals surface area contributed by atoms with Crippen LogP contribution >= 0.6 is 39.1 Å². The van der Waals surface area contributed by atoms with Crippen LogP contribution in [-0.4, -0.2) is 24.5 Å². The number of benzene rings is 3. The van der Waals surface area contributed by atoms with Gasteiger partial charge in [-0.3, -0.25) is 14.9 Å². The number of hydrogen-bond donors (Lipinski definition) is 1. The van der Waals surface area contributed by atoms with Crippen molar-refractivity contribution in [3.63, 3.8) is 0 Å². The van der Waals surface area contributed by atoms with Crippen molar-refractivity contribution in [1.82, 2.24) is 5.32 Å². The van der Waals surface area contributed by atoms with E-state index in [4.69, 9.17) is 32.7 Å². The molecule has 1 heterocycles. The Labute approximate surface area is 244 Å². The van der Waals surface area contributed by atoms with Crippen LogP contribution in [0, 0.1) is 0 Å². The van der Waals surface area contributed by atoms with E-state index in [9.17, 15) is 14.4 Å². The van der Waals surface area contributed by atoms with Gasteiger partial charge in [0.05, 0.1) is 22.3 Å². The molecule has 4 rings (SSSR count). The van der Waals surface area contributed by atoms with Crippen LogP contribution in [0.5, 0.6) is 11.5 Å². The third-order valence-electron chi connectivity index (χ3n) is 5.69. The first-order chi connectivity index (χ1) is 18.7. The second kappa shape index (κ2) is 12.5. The van der Waals surface area contributed by atoms with Gasteiger partial charge in [0.15, 0.2) is 11.5 Å². The van der Waals surface area contributed by atoms with E-state index >= 15 is 0 Å². The number of anilines is 1. The van der Waals surface area contributed by atoms with Crippen LogP contribution in [-0.2, 0) is 22.6 Å². The molecule has 3 aromatic rings. The van der Waals surface area contributed by atoms with Gasteiger partial charge in [-0.1, -0.05) is 57.3 Å². The lowest BCUT2D eigenvalue weighted by Gasteiger charge is -2.26.